The monoisotopic (exact) mass is 269 g/mol. The van der Waals surface area contributed by atoms with E-state index in [1.54, 1.807) is 11.0 Å². The Kier molecular flexibility index (Phi) is 3.16. The summed E-state index contributed by atoms with van der Waals surface area (Å²) in [5, 5.41) is 21.6. The maximum atomic E-state index is 4.01. The highest BCUT2D eigenvalue weighted by Crippen LogP contribution is 2.19. The highest BCUT2D eigenvalue weighted by Gasteiger charge is 2.05. The summed E-state index contributed by atoms with van der Waals surface area (Å²) in [7, 11) is 0. The van der Waals surface area contributed by atoms with Gasteiger partial charge in [0.2, 0.25) is 0 Å². The van der Waals surface area contributed by atoms with Crippen molar-refractivity contribution in [2.75, 3.05) is 5.32 Å². The molecule has 102 valence electrons. The highest BCUT2D eigenvalue weighted by atomic mass is 15.5. The molecule has 0 radical (unpaired) electrons. The van der Waals surface area contributed by atoms with Crippen molar-refractivity contribution in [3.05, 3.63) is 47.5 Å². The molecule has 0 aliphatic heterocycles. The lowest BCUT2D eigenvalue weighted by molar-refractivity contribution is 0.785. The SMILES string of the molecule is Cc1ccc(NCc2cn[nH]c2C)cc1-n1cnnn1. The summed E-state index contributed by atoms with van der Waals surface area (Å²) in [6.07, 6.45) is 3.42. The second kappa shape index (κ2) is 5.12. The van der Waals surface area contributed by atoms with Gasteiger partial charge in [0, 0.05) is 23.5 Å². The zero-order chi connectivity index (χ0) is 13.9. The van der Waals surface area contributed by atoms with Gasteiger partial charge in [-0.3, -0.25) is 5.10 Å². The Hall–Kier alpha value is -2.70. The van der Waals surface area contributed by atoms with Gasteiger partial charge in [0.25, 0.3) is 0 Å². The molecule has 2 N–H and O–H groups in total. The van der Waals surface area contributed by atoms with E-state index < -0.39 is 0 Å². The first-order chi connectivity index (χ1) is 9.74. The van der Waals surface area contributed by atoms with Gasteiger partial charge in [0.1, 0.15) is 6.33 Å². The average molecular weight is 269 g/mol. The molecule has 20 heavy (non-hydrogen) atoms. The summed E-state index contributed by atoms with van der Waals surface area (Å²) < 4.78 is 1.66. The number of nitrogens with one attached hydrogen (secondary N) is 2. The second-order valence-electron chi connectivity index (χ2n) is 4.63. The van der Waals surface area contributed by atoms with Crippen LogP contribution in [0.4, 0.5) is 5.69 Å². The molecule has 0 spiro atoms. The van der Waals surface area contributed by atoms with Crippen LogP contribution in [-0.4, -0.2) is 30.4 Å². The van der Waals surface area contributed by atoms with Gasteiger partial charge < -0.3 is 5.32 Å². The summed E-state index contributed by atoms with van der Waals surface area (Å²) in [5.41, 5.74) is 5.31. The number of nitrogens with zero attached hydrogens (tertiary/aromatic N) is 5. The third kappa shape index (κ3) is 2.37. The fourth-order valence-electron chi connectivity index (χ4n) is 1.99. The summed E-state index contributed by atoms with van der Waals surface area (Å²) in [4.78, 5) is 0. The maximum Gasteiger partial charge on any atom is 0.143 e. The van der Waals surface area contributed by atoms with Gasteiger partial charge in [0.05, 0.1) is 11.9 Å². The second-order valence-corrected chi connectivity index (χ2v) is 4.63. The fraction of sp³-hybridized carbons (Fsp3) is 0.231. The van der Waals surface area contributed by atoms with Crippen LogP contribution >= 0.6 is 0 Å². The molecular weight excluding hydrogens is 254 g/mol. The zero-order valence-corrected chi connectivity index (χ0v) is 11.3. The van der Waals surface area contributed by atoms with Crippen LogP contribution in [0.5, 0.6) is 0 Å². The summed E-state index contributed by atoms with van der Waals surface area (Å²) in [5.74, 6) is 0. The first kappa shape index (κ1) is 12.3. The third-order valence-electron chi connectivity index (χ3n) is 3.22. The molecular formula is C13H15N7. The number of hydrogen-bond donors (Lipinski definition) is 2. The summed E-state index contributed by atoms with van der Waals surface area (Å²) in [6.45, 7) is 4.76. The molecule has 2 aromatic heterocycles. The van der Waals surface area contributed by atoms with E-state index in [-0.39, 0.29) is 0 Å². The first-order valence-electron chi connectivity index (χ1n) is 6.31. The molecule has 2 heterocycles. The van der Waals surface area contributed by atoms with Crippen molar-refractivity contribution in [2.24, 2.45) is 0 Å². The van der Waals surface area contributed by atoms with Crippen molar-refractivity contribution in [3.8, 4) is 5.69 Å². The van der Waals surface area contributed by atoms with Crippen molar-refractivity contribution in [1.29, 1.82) is 0 Å². The number of aryl methyl sites for hydroxylation is 2. The third-order valence-corrected chi connectivity index (χ3v) is 3.22. The minimum absolute atomic E-state index is 0.723. The van der Waals surface area contributed by atoms with Crippen LogP contribution in [-0.2, 0) is 6.54 Å². The molecule has 3 rings (SSSR count). The van der Waals surface area contributed by atoms with Crippen molar-refractivity contribution < 1.29 is 0 Å². The number of benzene rings is 1. The number of tetrazole rings is 1. The van der Waals surface area contributed by atoms with E-state index in [4.69, 9.17) is 0 Å². The van der Waals surface area contributed by atoms with Gasteiger partial charge in [0.15, 0.2) is 0 Å². The quantitative estimate of drug-likeness (QED) is 0.751. The van der Waals surface area contributed by atoms with Gasteiger partial charge in [-0.25, -0.2) is 4.68 Å². The molecule has 0 fully saturated rings. The minimum Gasteiger partial charge on any atom is -0.381 e. The molecule has 0 aliphatic carbocycles. The van der Waals surface area contributed by atoms with E-state index >= 15 is 0 Å². The number of H-pyrrole nitrogens is 1. The number of hydrogen-bond acceptors (Lipinski definition) is 5. The van der Waals surface area contributed by atoms with E-state index in [0.717, 1.165) is 34.7 Å². The molecule has 7 heteroatoms. The predicted octanol–water partition coefficient (Wildman–Crippen LogP) is 1.61. The zero-order valence-electron chi connectivity index (χ0n) is 11.3. The topological polar surface area (TPSA) is 84.3 Å². The Bertz CT molecular complexity index is 699. The van der Waals surface area contributed by atoms with Crippen LogP contribution in [0.1, 0.15) is 16.8 Å². The molecule has 0 atom stereocenters. The molecule has 1 aromatic carbocycles. The Morgan fingerprint density at radius 2 is 2.20 bits per heavy atom. The highest BCUT2D eigenvalue weighted by molar-refractivity contribution is 5.54. The summed E-state index contributed by atoms with van der Waals surface area (Å²) >= 11 is 0. The Morgan fingerprint density at radius 3 is 2.90 bits per heavy atom. The van der Waals surface area contributed by atoms with Gasteiger partial charge in [-0.05, 0) is 42.0 Å². The van der Waals surface area contributed by atoms with Crippen LogP contribution in [0.2, 0.25) is 0 Å². The lowest BCUT2D eigenvalue weighted by atomic mass is 10.1. The van der Waals surface area contributed by atoms with Crippen LogP contribution in [0.25, 0.3) is 5.69 Å². The molecule has 0 amide bonds. The standard InChI is InChI=1S/C13H15N7/c1-9-3-4-12(5-13(9)20-8-16-18-19-20)14-6-11-7-15-17-10(11)2/h3-5,7-8,14H,6H2,1-2H3,(H,15,17). The van der Waals surface area contributed by atoms with Crippen molar-refractivity contribution in [3.63, 3.8) is 0 Å². The van der Waals surface area contributed by atoms with E-state index in [2.05, 4.69) is 31.0 Å². The van der Waals surface area contributed by atoms with Gasteiger partial charge >= 0.3 is 0 Å². The largest absolute Gasteiger partial charge is 0.381 e. The van der Waals surface area contributed by atoms with Crippen molar-refractivity contribution >= 4 is 5.69 Å². The van der Waals surface area contributed by atoms with Crippen molar-refractivity contribution in [2.45, 2.75) is 20.4 Å². The van der Waals surface area contributed by atoms with Gasteiger partial charge in [-0.15, -0.1) is 5.10 Å². The Balaban J connectivity index is 1.81. The van der Waals surface area contributed by atoms with E-state index in [9.17, 15) is 0 Å². The average Bonchev–Trinajstić information content (AvgIpc) is 3.09. The Labute approximate surface area is 116 Å². The predicted molar refractivity (Wildman–Crippen MR) is 74.5 cm³/mol. The van der Waals surface area contributed by atoms with Crippen LogP contribution in [0.3, 0.4) is 0 Å². The van der Waals surface area contributed by atoms with E-state index in [0.29, 0.717) is 0 Å². The number of anilines is 1. The first-order valence-corrected chi connectivity index (χ1v) is 6.31. The molecule has 7 nitrogen and oxygen atoms in total. The smallest absolute Gasteiger partial charge is 0.143 e. The normalized spacial score (nSPS) is 10.7. The molecule has 0 saturated carbocycles. The van der Waals surface area contributed by atoms with Crippen LogP contribution in [0, 0.1) is 13.8 Å². The lowest BCUT2D eigenvalue weighted by Gasteiger charge is -2.10. The molecule has 0 bridgehead atoms. The molecule has 0 unspecified atom stereocenters. The number of aromatic nitrogens is 6. The molecule has 3 aromatic rings. The van der Waals surface area contributed by atoms with E-state index in [1.807, 2.05) is 38.2 Å². The Morgan fingerprint density at radius 1 is 1.30 bits per heavy atom. The van der Waals surface area contributed by atoms with Gasteiger partial charge in [-0.2, -0.15) is 5.10 Å². The van der Waals surface area contributed by atoms with E-state index in [1.165, 1.54) is 0 Å². The lowest BCUT2D eigenvalue weighted by Crippen LogP contribution is -2.03. The minimum atomic E-state index is 0.723. The molecule has 0 aliphatic rings. The fourth-order valence-corrected chi connectivity index (χ4v) is 1.99. The number of aromatic amines is 1. The molecule has 0 saturated heterocycles. The maximum absolute atomic E-state index is 4.01. The van der Waals surface area contributed by atoms with Crippen molar-refractivity contribution in [1.82, 2.24) is 30.4 Å². The van der Waals surface area contributed by atoms with Crippen LogP contribution in [0.15, 0.2) is 30.7 Å². The van der Waals surface area contributed by atoms with Crippen LogP contribution < -0.4 is 5.32 Å². The van der Waals surface area contributed by atoms with Gasteiger partial charge in [-0.1, -0.05) is 6.07 Å². The summed E-state index contributed by atoms with van der Waals surface area (Å²) in [6, 6.07) is 6.11. The number of rotatable bonds is 4.